The molecule has 40 heavy (non-hydrogen) atoms. The van der Waals surface area contributed by atoms with Gasteiger partial charge < -0.3 is 35.7 Å². The number of nitrogens with two attached hydrogens (primary N) is 2. The van der Waals surface area contributed by atoms with Gasteiger partial charge in [-0.2, -0.15) is 0 Å². The standard InChI is InChI=1S/C29H41N3O8/c1-15-11-19-24(30)21(33)14-20(25(19)34)32-28(35)16(2)9-8-10-22(37-5)27(40-29(31)36)18(4)13-17(3)26(39-7)23(12-15)38-6/h8-10,13-15,17,22-23,26-27H,11-12,30H2,1-7H3,(H2,31,36)(H,32,35)/b10-8-,16-9+,18-13+/t15-,17+,22+,23+,26-,27+/m1/s1. The van der Waals surface area contributed by atoms with E-state index in [2.05, 4.69) is 5.32 Å². The first kappa shape index (κ1) is 32.7. The predicted molar refractivity (Wildman–Crippen MR) is 149 cm³/mol. The predicted octanol–water partition coefficient (Wildman–Crippen LogP) is 2.37. The van der Waals surface area contributed by atoms with Crippen LogP contribution in [0.15, 0.2) is 58.5 Å². The molecule has 0 aromatic rings. The Kier molecular flexibility index (Phi) is 12.0. The van der Waals surface area contributed by atoms with Crippen molar-refractivity contribution < 1.29 is 38.1 Å². The van der Waals surface area contributed by atoms with Crippen LogP contribution in [0.3, 0.4) is 0 Å². The molecular weight excluding hydrogens is 518 g/mol. The Bertz CT molecular complexity index is 1150. The Morgan fingerprint density at radius 1 is 1.05 bits per heavy atom. The SMILES string of the molecule is CO[C@H]1[C@@H](OC)C[C@H](C)CC2=C(N)C(=O)C=C(NC(=O)/C(C)=C/C=C\[C@H](OC)[C@@H](OC(N)=O)/C(C)=C/[C@@H]1C)C2=O. The Labute approximate surface area is 235 Å². The van der Waals surface area contributed by atoms with E-state index in [1.807, 2.05) is 19.9 Å². The highest BCUT2D eigenvalue weighted by Crippen LogP contribution is 2.29. The van der Waals surface area contributed by atoms with Gasteiger partial charge in [-0.1, -0.05) is 38.2 Å². The van der Waals surface area contributed by atoms with Crippen LogP contribution in [0.1, 0.15) is 40.5 Å². The number of rotatable bonds is 4. The number of Topliss-reactive ketones (excluding diaryl/α,β-unsaturated/α-hetero) is 1. The monoisotopic (exact) mass is 559 g/mol. The summed E-state index contributed by atoms with van der Waals surface area (Å²) in [6, 6.07) is 0. The third-order valence-electron chi connectivity index (χ3n) is 7.07. The van der Waals surface area contributed by atoms with Gasteiger partial charge in [-0.3, -0.25) is 14.4 Å². The topological polar surface area (TPSA) is 169 Å². The van der Waals surface area contributed by atoms with Crippen LogP contribution < -0.4 is 16.8 Å². The Balaban J connectivity index is 2.61. The van der Waals surface area contributed by atoms with E-state index < -0.39 is 48.0 Å². The zero-order valence-electron chi connectivity index (χ0n) is 24.2. The van der Waals surface area contributed by atoms with Crippen molar-refractivity contribution in [1.29, 1.82) is 0 Å². The summed E-state index contributed by atoms with van der Waals surface area (Å²) in [7, 11) is 4.60. The molecule has 0 unspecified atom stereocenters. The summed E-state index contributed by atoms with van der Waals surface area (Å²) in [6.07, 6.45) is 4.94. The van der Waals surface area contributed by atoms with Gasteiger partial charge in [0.1, 0.15) is 6.10 Å². The zero-order valence-corrected chi connectivity index (χ0v) is 24.2. The second-order valence-electron chi connectivity index (χ2n) is 10.2. The molecule has 0 saturated carbocycles. The first-order valence-corrected chi connectivity index (χ1v) is 13.0. The summed E-state index contributed by atoms with van der Waals surface area (Å²) in [4.78, 5) is 50.4. The van der Waals surface area contributed by atoms with Crippen LogP contribution in [0, 0.1) is 11.8 Å². The smallest absolute Gasteiger partial charge is 0.405 e. The summed E-state index contributed by atoms with van der Waals surface area (Å²) < 4.78 is 22.6. The lowest BCUT2D eigenvalue weighted by Crippen LogP contribution is -2.38. The lowest BCUT2D eigenvalue weighted by Gasteiger charge is -2.32. The van der Waals surface area contributed by atoms with Gasteiger partial charge >= 0.3 is 6.09 Å². The van der Waals surface area contributed by atoms with Crippen molar-refractivity contribution in [2.45, 2.75) is 65.0 Å². The highest BCUT2D eigenvalue weighted by Gasteiger charge is 2.33. The lowest BCUT2D eigenvalue weighted by molar-refractivity contribution is -0.120. The highest BCUT2D eigenvalue weighted by molar-refractivity contribution is 6.23. The molecule has 0 radical (unpaired) electrons. The number of ether oxygens (including phenoxy) is 4. The largest absolute Gasteiger partial charge is 0.439 e. The number of allylic oxidation sites excluding steroid dienone is 4. The molecule has 1 aliphatic carbocycles. The molecule has 5 N–H and O–H groups in total. The minimum absolute atomic E-state index is 0.133. The van der Waals surface area contributed by atoms with Crippen molar-refractivity contribution in [3.05, 3.63) is 58.5 Å². The third kappa shape index (κ3) is 8.23. The third-order valence-corrected chi connectivity index (χ3v) is 7.07. The van der Waals surface area contributed by atoms with Gasteiger partial charge in [0.2, 0.25) is 11.6 Å². The van der Waals surface area contributed by atoms with Crippen LogP contribution in [0.25, 0.3) is 0 Å². The molecule has 220 valence electrons. The normalized spacial score (nSPS) is 32.8. The fraction of sp³-hybridized carbons (Fsp3) is 0.517. The summed E-state index contributed by atoms with van der Waals surface area (Å²) in [5.41, 5.74) is 12.2. The number of hydrogen-bond acceptors (Lipinski definition) is 9. The minimum Gasteiger partial charge on any atom is -0.439 e. The molecule has 11 heteroatoms. The van der Waals surface area contributed by atoms with Crippen molar-refractivity contribution in [2.24, 2.45) is 23.3 Å². The van der Waals surface area contributed by atoms with Crippen LogP contribution in [0.4, 0.5) is 4.79 Å². The molecule has 2 rings (SSSR count). The van der Waals surface area contributed by atoms with Crippen molar-refractivity contribution >= 4 is 23.6 Å². The molecule has 1 heterocycles. The average molecular weight is 560 g/mol. The van der Waals surface area contributed by atoms with E-state index in [-0.39, 0.29) is 40.8 Å². The van der Waals surface area contributed by atoms with Gasteiger partial charge in [0.15, 0.2) is 6.10 Å². The molecule has 0 saturated heterocycles. The van der Waals surface area contributed by atoms with E-state index in [9.17, 15) is 19.2 Å². The Hall–Kier alpha value is -3.54. The van der Waals surface area contributed by atoms with Crippen LogP contribution in [-0.4, -0.2) is 69.3 Å². The zero-order chi connectivity index (χ0) is 30.1. The fourth-order valence-electron chi connectivity index (χ4n) is 4.96. The first-order chi connectivity index (χ1) is 18.8. The second-order valence-corrected chi connectivity index (χ2v) is 10.2. The molecular formula is C29H41N3O8. The van der Waals surface area contributed by atoms with Crippen molar-refractivity contribution in [1.82, 2.24) is 5.32 Å². The Morgan fingerprint density at radius 2 is 1.73 bits per heavy atom. The van der Waals surface area contributed by atoms with Crippen molar-refractivity contribution in [2.75, 3.05) is 21.3 Å². The van der Waals surface area contributed by atoms with E-state index in [1.54, 1.807) is 40.2 Å². The summed E-state index contributed by atoms with van der Waals surface area (Å²) in [5.74, 6) is -1.97. The molecule has 2 bridgehead atoms. The van der Waals surface area contributed by atoms with Gasteiger partial charge in [-0.05, 0) is 38.2 Å². The van der Waals surface area contributed by atoms with Gasteiger partial charge in [-0.15, -0.1) is 0 Å². The number of nitrogens with one attached hydrogen (secondary N) is 1. The molecule has 6 atom stereocenters. The van der Waals surface area contributed by atoms with E-state index in [4.69, 9.17) is 30.4 Å². The number of methoxy groups -OCH3 is 3. The summed E-state index contributed by atoms with van der Waals surface area (Å²) in [5, 5.41) is 2.53. The molecule has 0 spiro atoms. The summed E-state index contributed by atoms with van der Waals surface area (Å²) in [6.45, 7) is 7.21. The maximum atomic E-state index is 13.2. The minimum atomic E-state index is -0.968. The highest BCUT2D eigenvalue weighted by atomic mass is 16.6. The number of primary amides is 1. The number of fused-ring (bicyclic) bond motifs is 2. The van der Waals surface area contributed by atoms with Crippen molar-refractivity contribution in [3.8, 4) is 0 Å². The number of carbonyl (C=O) groups is 4. The van der Waals surface area contributed by atoms with Gasteiger partial charge in [0.05, 0.1) is 23.6 Å². The molecule has 0 aromatic carbocycles. The molecule has 0 fully saturated rings. The van der Waals surface area contributed by atoms with Gasteiger partial charge in [-0.25, -0.2) is 4.79 Å². The van der Waals surface area contributed by atoms with Crippen LogP contribution >= 0.6 is 0 Å². The molecule has 2 aliphatic rings. The maximum Gasteiger partial charge on any atom is 0.405 e. The van der Waals surface area contributed by atoms with E-state index in [0.29, 0.717) is 12.0 Å². The first-order valence-electron chi connectivity index (χ1n) is 13.0. The Morgan fingerprint density at radius 3 is 2.30 bits per heavy atom. The number of ketones is 2. The maximum absolute atomic E-state index is 13.2. The van der Waals surface area contributed by atoms with E-state index in [0.717, 1.165) is 6.08 Å². The van der Waals surface area contributed by atoms with Crippen molar-refractivity contribution in [3.63, 3.8) is 0 Å². The molecule has 11 nitrogen and oxygen atoms in total. The van der Waals surface area contributed by atoms with Crippen LogP contribution in [0.5, 0.6) is 0 Å². The van der Waals surface area contributed by atoms with Gasteiger partial charge in [0.25, 0.3) is 5.91 Å². The van der Waals surface area contributed by atoms with Crippen LogP contribution in [-0.2, 0) is 33.3 Å². The van der Waals surface area contributed by atoms with E-state index in [1.165, 1.54) is 13.2 Å². The quantitative estimate of drug-likeness (QED) is 0.346. The molecule has 1 aliphatic heterocycles. The summed E-state index contributed by atoms with van der Waals surface area (Å²) >= 11 is 0. The number of hydrogen-bond donors (Lipinski definition) is 3. The van der Waals surface area contributed by atoms with E-state index >= 15 is 0 Å². The van der Waals surface area contributed by atoms with Crippen LogP contribution in [0.2, 0.25) is 0 Å². The lowest BCUT2D eigenvalue weighted by atomic mass is 9.85. The number of carbonyl (C=O) groups excluding carboxylic acids is 4. The van der Waals surface area contributed by atoms with Gasteiger partial charge in [0, 0.05) is 44.5 Å². The number of amides is 2. The fourth-order valence-corrected chi connectivity index (χ4v) is 4.96. The molecule has 2 amide bonds. The molecule has 0 aromatic heterocycles. The second kappa shape index (κ2) is 14.7. The average Bonchev–Trinajstić information content (AvgIpc) is 2.89.